The summed E-state index contributed by atoms with van der Waals surface area (Å²) in [4.78, 5) is 12.9. The number of furan rings is 1. The van der Waals surface area contributed by atoms with E-state index in [1.807, 2.05) is 0 Å². The van der Waals surface area contributed by atoms with Crippen LogP contribution in [0.5, 0.6) is 0 Å². The van der Waals surface area contributed by atoms with Gasteiger partial charge in [0.2, 0.25) is 5.78 Å². The van der Waals surface area contributed by atoms with Crippen LogP contribution in [0.15, 0.2) is 88.4 Å². The predicted molar refractivity (Wildman–Crippen MR) is 85.8 cm³/mol. The Bertz CT molecular complexity index is 883. The molecule has 0 fully saturated rings. The normalized spacial score (nSPS) is 12.7. The molecule has 0 bridgehead atoms. The second-order valence-corrected chi connectivity index (χ2v) is 7.02. The third kappa shape index (κ3) is 2.96. The molecule has 0 N–H and O–H groups in total. The van der Waals surface area contributed by atoms with Gasteiger partial charge in [0.1, 0.15) is 0 Å². The van der Waals surface area contributed by atoms with Crippen LogP contribution in [0.3, 0.4) is 0 Å². The van der Waals surface area contributed by atoms with Crippen LogP contribution in [0.2, 0.25) is 0 Å². The molecule has 1 unspecified atom stereocenters. The molecule has 0 saturated carbocycles. The van der Waals surface area contributed by atoms with Crippen LogP contribution in [0.4, 0.5) is 0 Å². The number of ketones is 1. The van der Waals surface area contributed by atoms with E-state index in [9.17, 15) is 13.2 Å². The van der Waals surface area contributed by atoms with E-state index in [0.29, 0.717) is 5.56 Å². The summed E-state index contributed by atoms with van der Waals surface area (Å²) in [6.45, 7) is 0. The summed E-state index contributed by atoms with van der Waals surface area (Å²) < 4.78 is 31.1. The third-order valence-electron chi connectivity index (χ3n) is 3.49. The van der Waals surface area contributed by atoms with Gasteiger partial charge in [0.15, 0.2) is 20.8 Å². The molecule has 0 aliphatic heterocycles. The molecule has 0 radical (unpaired) electrons. The number of rotatable bonds is 5. The highest BCUT2D eigenvalue weighted by molar-refractivity contribution is 7.92. The quantitative estimate of drug-likeness (QED) is 0.671. The molecule has 4 nitrogen and oxygen atoms in total. The lowest BCUT2D eigenvalue weighted by molar-refractivity contribution is 0.0960. The Morgan fingerprint density at radius 1 is 0.826 bits per heavy atom. The average Bonchev–Trinajstić information content (AvgIpc) is 3.11. The Kier molecular flexibility index (Phi) is 4.12. The molecule has 0 aliphatic carbocycles. The fourth-order valence-corrected chi connectivity index (χ4v) is 4.12. The summed E-state index contributed by atoms with van der Waals surface area (Å²) in [5.41, 5.74) is 0.415. The van der Waals surface area contributed by atoms with Crippen molar-refractivity contribution in [1.82, 2.24) is 0 Å². The highest BCUT2D eigenvalue weighted by Crippen LogP contribution is 2.32. The molecule has 5 heteroatoms. The second kappa shape index (κ2) is 6.22. The minimum atomic E-state index is -3.89. The van der Waals surface area contributed by atoms with Gasteiger partial charge < -0.3 is 4.42 Å². The van der Waals surface area contributed by atoms with Crippen LogP contribution in [0.25, 0.3) is 0 Å². The maximum atomic E-state index is 13.0. The number of hydrogen-bond donors (Lipinski definition) is 0. The number of benzene rings is 2. The monoisotopic (exact) mass is 326 g/mol. The lowest BCUT2D eigenvalue weighted by Crippen LogP contribution is -2.22. The van der Waals surface area contributed by atoms with Gasteiger partial charge in [-0.05, 0) is 29.8 Å². The average molecular weight is 326 g/mol. The van der Waals surface area contributed by atoms with E-state index in [1.54, 1.807) is 54.6 Å². The van der Waals surface area contributed by atoms with Crippen molar-refractivity contribution in [1.29, 1.82) is 0 Å². The van der Waals surface area contributed by atoms with Gasteiger partial charge in [-0.2, -0.15) is 0 Å². The smallest absolute Gasteiger partial charge is 0.220 e. The van der Waals surface area contributed by atoms with E-state index in [-0.39, 0.29) is 10.7 Å². The van der Waals surface area contributed by atoms with Gasteiger partial charge >= 0.3 is 0 Å². The molecular formula is C18H14O4S. The topological polar surface area (TPSA) is 64.3 Å². The van der Waals surface area contributed by atoms with Crippen molar-refractivity contribution in [2.24, 2.45) is 0 Å². The molecule has 0 aliphatic rings. The van der Waals surface area contributed by atoms with Crippen LogP contribution >= 0.6 is 0 Å². The summed E-state index contributed by atoms with van der Waals surface area (Å²) in [5.74, 6) is -0.552. The summed E-state index contributed by atoms with van der Waals surface area (Å²) in [6.07, 6.45) is 1.35. The molecule has 23 heavy (non-hydrogen) atoms. The molecule has 2 aromatic carbocycles. The van der Waals surface area contributed by atoms with Crippen LogP contribution in [0, 0.1) is 0 Å². The molecule has 3 rings (SSSR count). The van der Waals surface area contributed by atoms with E-state index in [1.165, 1.54) is 24.5 Å². The fourth-order valence-electron chi connectivity index (χ4n) is 2.39. The van der Waals surface area contributed by atoms with Gasteiger partial charge in [-0.15, -0.1) is 0 Å². The minimum absolute atomic E-state index is 0.0263. The van der Waals surface area contributed by atoms with Gasteiger partial charge in [0.25, 0.3) is 0 Å². The Balaban J connectivity index is 2.15. The summed E-state index contributed by atoms with van der Waals surface area (Å²) in [7, 11) is -3.89. The van der Waals surface area contributed by atoms with Gasteiger partial charge in [-0.25, -0.2) is 8.42 Å². The van der Waals surface area contributed by atoms with E-state index in [0.717, 1.165) is 0 Å². The van der Waals surface area contributed by atoms with Gasteiger partial charge in [0.05, 0.1) is 11.2 Å². The molecule has 3 aromatic rings. The predicted octanol–water partition coefficient (Wildman–Crippen LogP) is 3.68. The fraction of sp³-hybridized carbons (Fsp3) is 0.0556. The molecule has 0 amide bonds. The molecule has 0 spiro atoms. The van der Waals surface area contributed by atoms with Crippen LogP contribution in [0.1, 0.15) is 21.4 Å². The van der Waals surface area contributed by atoms with Crippen molar-refractivity contribution in [2.75, 3.05) is 0 Å². The summed E-state index contributed by atoms with van der Waals surface area (Å²) in [5, 5.41) is -1.34. The first-order chi connectivity index (χ1) is 11.1. The SMILES string of the molecule is O=C(c1ccco1)C(c1ccccc1)S(=O)(=O)c1ccccc1. The Morgan fingerprint density at radius 3 is 2.00 bits per heavy atom. The first-order valence-corrected chi connectivity index (χ1v) is 8.57. The minimum Gasteiger partial charge on any atom is -0.461 e. The number of hydrogen-bond acceptors (Lipinski definition) is 4. The molecule has 116 valence electrons. The number of carbonyl (C=O) groups excluding carboxylic acids is 1. The Labute approximate surface area is 134 Å². The third-order valence-corrected chi connectivity index (χ3v) is 5.52. The largest absolute Gasteiger partial charge is 0.461 e. The summed E-state index contributed by atoms with van der Waals surface area (Å²) >= 11 is 0. The highest BCUT2D eigenvalue weighted by Gasteiger charge is 2.37. The van der Waals surface area contributed by atoms with Crippen LogP contribution in [-0.4, -0.2) is 14.2 Å². The molecule has 1 aromatic heterocycles. The Morgan fingerprint density at radius 2 is 1.43 bits per heavy atom. The maximum Gasteiger partial charge on any atom is 0.220 e. The van der Waals surface area contributed by atoms with Gasteiger partial charge in [-0.1, -0.05) is 48.5 Å². The van der Waals surface area contributed by atoms with Crippen molar-refractivity contribution in [2.45, 2.75) is 10.1 Å². The van der Waals surface area contributed by atoms with Crippen molar-refractivity contribution in [3.8, 4) is 0 Å². The number of sulfone groups is 1. The lowest BCUT2D eigenvalue weighted by atomic mass is 10.1. The standard InChI is InChI=1S/C18H14O4S/c19-17(16-12-7-13-22-16)18(14-8-3-1-4-9-14)23(20,21)15-10-5-2-6-11-15/h1-13,18H. The molecular weight excluding hydrogens is 312 g/mol. The van der Waals surface area contributed by atoms with E-state index >= 15 is 0 Å². The zero-order valence-corrected chi connectivity index (χ0v) is 12.9. The van der Waals surface area contributed by atoms with E-state index in [2.05, 4.69) is 0 Å². The van der Waals surface area contributed by atoms with Crippen molar-refractivity contribution < 1.29 is 17.6 Å². The van der Waals surface area contributed by atoms with Crippen LogP contribution < -0.4 is 0 Å². The lowest BCUT2D eigenvalue weighted by Gasteiger charge is -2.16. The van der Waals surface area contributed by atoms with Crippen molar-refractivity contribution >= 4 is 15.6 Å². The molecule has 0 saturated heterocycles. The van der Waals surface area contributed by atoms with E-state index < -0.39 is 20.9 Å². The number of carbonyl (C=O) groups is 1. The van der Waals surface area contributed by atoms with Gasteiger partial charge in [0, 0.05) is 0 Å². The van der Waals surface area contributed by atoms with Crippen molar-refractivity contribution in [3.05, 3.63) is 90.4 Å². The summed E-state index contributed by atoms with van der Waals surface area (Å²) in [6, 6.07) is 19.4. The second-order valence-electron chi connectivity index (χ2n) is 4.99. The first kappa shape index (κ1) is 15.2. The van der Waals surface area contributed by atoms with Crippen molar-refractivity contribution in [3.63, 3.8) is 0 Å². The first-order valence-electron chi connectivity index (χ1n) is 7.02. The van der Waals surface area contributed by atoms with Crippen LogP contribution in [-0.2, 0) is 9.84 Å². The van der Waals surface area contributed by atoms with E-state index in [4.69, 9.17) is 4.42 Å². The highest BCUT2D eigenvalue weighted by atomic mass is 32.2. The molecule has 1 atom stereocenters. The zero-order chi connectivity index (χ0) is 16.3. The maximum absolute atomic E-state index is 13.0. The van der Waals surface area contributed by atoms with Gasteiger partial charge in [-0.3, -0.25) is 4.79 Å². The molecule has 1 heterocycles. The zero-order valence-electron chi connectivity index (χ0n) is 12.1. The Hall–Kier alpha value is -2.66. The number of Topliss-reactive ketones (excluding diaryl/α,β-unsaturated/α-hetero) is 1.